The summed E-state index contributed by atoms with van der Waals surface area (Å²) in [6.07, 6.45) is 3.25. The standard InChI is InChI=1S/C16H27N5O3S/c1-4-7-20-10-15(12(2)19-20)25(23,24)21-9-14-8-17-6-5-16(14,11-21)18-13(3)22/h10,14,17H,4-9,11H2,1-3H3,(H,18,22)/t14-,16-/m1/s1. The Morgan fingerprint density at radius 1 is 1.52 bits per heavy atom. The van der Waals surface area contributed by atoms with Gasteiger partial charge in [-0.3, -0.25) is 9.48 Å². The average Bonchev–Trinajstić information content (AvgIpc) is 3.08. The topological polar surface area (TPSA) is 96.3 Å². The fourth-order valence-corrected chi connectivity index (χ4v) is 5.76. The molecule has 2 atom stereocenters. The van der Waals surface area contributed by atoms with E-state index in [2.05, 4.69) is 15.7 Å². The number of carbonyl (C=O) groups is 1. The van der Waals surface area contributed by atoms with Crippen LogP contribution in [0.3, 0.4) is 0 Å². The molecule has 8 nitrogen and oxygen atoms in total. The highest BCUT2D eigenvalue weighted by Crippen LogP contribution is 2.36. The molecule has 1 aromatic heterocycles. The number of hydrogen-bond donors (Lipinski definition) is 2. The Morgan fingerprint density at radius 2 is 2.28 bits per heavy atom. The van der Waals surface area contributed by atoms with Crippen LogP contribution >= 0.6 is 0 Å². The predicted octanol–water partition coefficient (Wildman–Crippen LogP) is 0.0902. The number of nitrogens with zero attached hydrogens (tertiary/aromatic N) is 3. The average molecular weight is 369 g/mol. The van der Waals surface area contributed by atoms with Gasteiger partial charge in [-0.2, -0.15) is 9.40 Å². The summed E-state index contributed by atoms with van der Waals surface area (Å²) in [4.78, 5) is 12.0. The molecule has 140 valence electrons. The summed E-state index contributed by atoms with van der Waals surface area (Å²) >= 11 is 0. The summed E-state index contributed by atoms with van der Waals surface area (Å²) in [5, 5.41) is 10.7. The van der Waals surface area contributed by atoms with Gasteiger partial charge in [-0.1, -0.05) is 6.92 Å². The zero-order valence-corrected chi connectivity index (χ0v) is 15.9. The summed E-state index contributed by atoms with van der Waals surface area (Å²) in [6.45, 7) is 8.16. The molecule has 0 aromatic carbocycles. The monoisotopic (exact) mass is 369 g/mol. The Labute approximate surface area is 149 Å². The minimum Gasteiger partial charge on any atom is -0.349 e. The van der Waals surface area contributed by atoms with E-state index in [1.807, 2.05) is 6.92 Å². The van der Waals surface area contributed by atoms with E-state index < -0.39 is 15.6 Å². The van der Waals surface area contributed by atoms with Crippen LogP contribution in [0.1, 0.15) is 32.4 Å². The summed E-state index contributed by atoms with van der Waals surface area (Å²) < 4.78 is 29.6. The maximum absolute atomic E-state index is 13.2. The normalized spacial score (nSPS) is 27.2. The Balaban J connectivity index is 1.90. The zero-order chi connectivity index (χ0) is 18.2. The third-order valence-corrected chi connectivity index (χ3v) is 7.11. The number of carbonyl (C=O) groups excluding carboxylic acids is 1. The lowest BCUT2D eigenvalue weighted by atomic mass is 9.81. The molecule has 0 aliphatic carbocycles. The highest BCUT2D eigenvalue weighted by molar-refractivity contribution is 7.89. The fourth-order valence-electron chi connectivity index (χ4n) is 4.03. The predicted molar refractivity (Wildman–Crippen MR) is 93.5 cm³/mol. The van der Waals surface area contributed by atoms with Gasteiger partial charge in [0, 0.05) is 45.2 Å². The van der Waals surface area contributed by atoms with Crippen molar-refractivity contribution in [2.45, 2.75) is 50.6 Å². The molecule has 0 spiro atoms. The van der Waals surface area contributed by atoms with E-state index >= 15 is 0 Å². The molecular formula is C16H27N5O3S. The van der Waals surface area contributed by atoms with E-state index in [4.69, 9.17) is 0 Å². The van der Waals surface area contributed by atoms with Gasteiger partial charge >= 0.3 is 0 Å². The largest absolute Gasteiger partial charge is 0.349 e. The molecule has 2 saturated heterocycles. The van der Waals surface area contributed by atoms with E-state index in [0.717, 1.165) is 19.4 Å². The van der Waals surface area contributed by atoms with E-state index in [1.165, 1.54) is 11.2 Å². The van der Waals surface area contributed by atoms with Crippen molar-refractivity contribution in [2.24, 2.45) is 5.92 Å². The smallest absolute Gasteiger partial charge is 0.246 e. The highest BCUT2D eigenvalue weighted by atomic mass is 32.2. The molecule has 9 heteroatoms. The van der Waals surface area contributed by atoms with Crippen LogP contribution in [0, 0.1) is 12.8 Å². The first-order valence-corrected chi connectivity index (χ1v) is 10.3. The Kier molecular flexibility index (Phi) is 4.91. The molecule has 2 aliphatic heterocycles. The van der Waals surface area contributed by atoms with Crippen LogP contribution in [0.2, 0.25) is 0 Å². The van der Waals surface area contributed by atoms with Gasteiger partial charge < -0.3 is 10.6 Å². The summed E-state index contributed by atoms with van der Waals surface area (Å²) in [6, 6.07) is 0. The van der Waals surface area contributed by atoms with Crippen molar-refractivity contribution in [1.82, 2.24) is 24.7 Å². The van der Waals surface area contributed by atoms with Gasteiger partial charge in [0.2, 0.25) is 15.9 Å². The number of aromatic nitrogens is 2. The second-order valence-electron chi connectivity index (χ2n) is 7.13. The van der Waals surface area contributed by atoms with Crippen molar-refractivity contribution in [3.8, 4) is 0 Å². The van der Waals surface area contributed by atoms with Gasteiger partial charge in [-0.15, -0.1) is 0 Å². The van der Waals surface area contributed by atoms with E-state index in [9.17, 15) is 13.2 Å². The van der Waals surface area contributed by atoms with Crippen LogP contribution in [0.4, 0.5) is 0 Å². The van der Waals surface area contributed by atoms with Crippen LogP contribution < -0.4 is 10.6 Å². The van der Waals surface area contributed by atoms with Crippen molar-refractivity contribution < 1.29 is 13.2 Å². The molecule has 2 fully saturated rings. The maximum Gasteiger partial charge on any atom is 0.246 e. The van der Waals surface area contributed by atoms with Gasteiger partial charge in [-0.05, 0) is 26.3 Å². The molecule has 0 saturated carbocycles. The van der Waals surface area contributed by atoms with Crippen LogP contribution in [0.25, 0.3) is 0 Å². The third kappa shape index (κ3) is 3.32. The third-order valence-electron chi connectivity index (χ3n) is 5.20. The zero-order valence-electron chi connectivity index (χ0n) is 15.1. The first kappa shape index (κ1) is 18.3. The molecular weight excluding hydrogens is 342 g/mol. The quantitative estimate of drug-likeness (QED) is 0.767. The summed E-state index contributed by atoms with van der Waals surface area (Å²) in [5.41, 5.74) is 0.0484. The second-order valence-corrected chi connectivity index (χ2v) is 9.03. The number of sulfonamides is 1. The number of piperidine rings is 1. The molecule has 1 amide bonds. The molecule has 2 N–H and O–H groups in total. The van der Waals surface area contributed by atoms with Gasteiger partial charge in [0.05, 0.1) is 11.2 Å². The SMILES string of the molecule is CCCn1cc(S(=O)(=O)N2C[C@H]3CNCC[C@@]3(NC(C)=O)C2)c(C)n1. The van der Waals surface area contributed by atoms with Crippen molar-refractivity contribution in [3.05, 3.63) is 11.9 Å². The highest BCUT2D eigenvalue weighted by Gasteiger charge is 2.51. The van der Waals surface area contributed by atoms with Crippen LogP contribution in [0.15, 0.2) is 11.1 Å². The van der Waals surface area contributed by atoms with Crippen molar-refractivity contribution in [2.75, 3.05) is 26.2 Å². The molecule has 25 heavy (non-hydrogen) atoms. The van der Waals surface area contributed by atoms with Crippen LogP contribution in [-0.4, -0.2) is 60.1 Å². The molecule has 1 aromatic rings. The van der Waals surface area contributed by atoms with Crippen molar-refractivity contribution in [1.29, 1.82) is 0 Å². The van der Waals surface area contributed by atoms with Crippen LogP contribution in [0.5, 0.6) is 0 Å². The fraction of sp³-hybridized carbons (Fsp3) is 0.750. The number of fused-ring (bicyclic) bond motifs is 1. The number of rotatable bonds is 5. The van der Waals surface area contributed by atoms with Gasteiger partial charge in [-0.25, -0.2) is 8.42 Å². The molecule has 2 aliphatic rings. The maximum atomic E-state index is 13.2. The van der Waals surface area contributed by atoms with Crippen molar-refractivity contribution in [3.63, 3.8) is 0 Å². The van der Waals surface area contributed by atoms with Crippen LogP contribution in [-0.2, 0) is 21.4 Å². The molecule has 0 bridgehead atoms. The number of amides is 1. The van der Waals surface area contributed by atoms with Crippen molar-refractivity contribution >= 4 is 15.9 Å². The van der Waals surface area contributed by atoms with E-state index in [0.29, 0.717) is 31.9 Å². The van der Waals surface area contributed by atoms with Gasteiger partial charge in [0.25, 0.3) is 0 Å². The lowest BCUT2D eigenvalue weighted by Gasteiger charge is -2.39. The Hall–Kier alpha value is -1.45. The number of aryl methyl sites for hydroxylation is 2. The first-order chi connectivity index (χ1) is 11.8. The van der Waals surface area contributed by atoms with E-state index in [-0.39, 0.29) is 16.7 Å². The summed E-state index contributed by atoms with van der Waals surface area (Å²) in [5.74, 6) is -0.0380. The number of nitrogens with one attached hydrogen (secondary N) is 2. The molecule has 3 rings (SSSR count). The first-order valence-electron chi connectivity index (χ1n) is 8.82. The molecule has 0 unspecified atom stereocenters. The lowest BCUT2D eigenvalue weighted by molar-refractivity contribution is -0.121. The molecule has 3 heterocycles. The number of hydrogen-bond acceptors (Lipinski definition) is 5. The van der Waals surface area contributed by atoms with Gasteiger partial charge in [0.1, 0.15) is 4.90 Å². The minimum absolute atomic E-state index is 0.0749. The lowest BCUT2D eigenvalue weighted by Crippen LogP contribution is -2.60. The van der Waals surface area contributed by atoms with Gasteiger partial charge in [0.15, 0.2) is 0 Å². The van der Waals surface area contributed by atoms with E-state index in [1.54, 1.807) is 17.8 Å². The minimum atomic E-state index is -3.63. The second kappa shape index (κ2) is 6.69. The Bertz CT molecular complexity index is 760. The summed E-state index contributed by atoms with van der Waals surface area (Å²) in [7, 11) is -3.63. The Morgan fingerprint density at radius 3 is 2.96 bits per heavy atom. The molecule has 0 radical (unpaired) electrons.